The van der Waals surface area contributed by atoms with E-state index in [-0.39, 0.29) is 15.7 Å². The van der Waals surface area contributed by atoms with Crippen LogP contribution in [0.2, 0.25) is 12.1 Å². The lowest BCUT2D eigenvalue weighted by Gasteiger charge is -2.11. The van der Waals surface area contributed by atoms with Gasteiger partial charge in [0.15, 0.2) is 0 Å². The summed E-state index contributed by atoms with van der Waals surface area (Å²) in [5.74, 6) is 0. The first kappa shape index (κ1) is 10.3. The van der Waals surface area contributed by atoms with Crippen molar-refractivity contribution >= 4 is 35.2 Å². The molecule has 0 aromatic rings. The largest absolute Gasteiger partial charge is 0.103 e. The Morgan fingerprint density at radius 3 is 1.50 bits per heavy atom. The fraction of sp³-hybridized carbons (Fsp3) is 0.333. The van der Waals surface area contributed by atoms with Gasteiger partial charge >= 0.3 is 0 Å². The lowest BCUT2D eigenvalue weighted by molar-refractivity contribution is 1.69. The Balaban J connectivity index is 3.56. The quantitative estimate of drug-likeness (QED) is 0.448. The van der Waals surface area contributed by atoms with Crippen molar-refractivity contribution in [3.8, 4) is 0 Å². The van der Waals surface area contributed by atoms with Gasteiger partial charge in [-0.1, -0.05) is 12.2 Å². The average molecular weight is 194 g/mol. The van der Waals surface area contributed by atoms with Crippen LogP contribution in [0.15, 0.2) is 25.3 Å². The number of hydrogen-bond donors (Lipinski definition) is 0. The molecule has 0 saturated heterocycles. The normalized spacial score (nSPS) is 10.4. The second-order valence-electron chi connectivity index (χ2n) is 1.94. The van der Waals surface area contributed by atoms with Crippen LogP contribution in [-0.4, -0.2) is 35.2 Å². The first-order valence-corrected chi connectivity index (χ1v) is 10.5. The number of hydrogen-bond acceptors (Lipinski definition) is 0. The fourth-order valence-corrected chi connectivity index (χ4v) is 6.65. The predicted molar refractivity (Wildman–Crippen MR) is 53.0 cm³/mol. The third-order valence-electron chi connectivity index (χ3n) is 1.06. The van der Waals surface area contributed by atoms with Crippen LogP contribution >= 0.6 is 0 Å². The van der Waals surface area contributed by atoms with Crippen molar-refractivity contribution in [3.05, 3.63) is 25.3 Å². The van der Waals surface area contributed by atoms with E-state index in [0.29, 0.717) is 0 Å². The van der Waals surface area contributed by atoms with Gasteiger partial charge in [0, 0.05) is 35.2 Å². The first-order chi connectivity index (χ1) is 4.72. The van der Waals surface area contributed by atoms with Crippen LogP contribution in [-0.2, 0) is 0 Å². The smallest absolute Gasteiger partial charge is 0.0230 e. The van der Waals surface area contributed by atoms with Gasteiger partial charge in [-0.25, -0.2) is 0 Å². The summed E-state index contributed by atoms with van der Waals surface area (Å²) in [6.45, 7) is 7.41. The highest BCUT2D eigenvalue weighted by Crippen LogP contribution is 1.97. The Labute approximate surface area is 72.8 Å². The van der Waals surface area contributed by atoms with Crippen molar-refractivity contribution in [2.24, 2.45) is 0 Å². The molecule has 0 heterocycles. The molecule has 0 aliphatic carbocycles. The Hall–Kier alpha value is 0.348. The van der Waals surface area contributed by atoms with Gasteiger partial charge in [-0.05, 0) is 12.1 Å². The molecule has 0 bridgehead atoms. The van der Waals surface area contributed by atoms with Crippen molar-refractivity contribution in [1.29, 1.82) is 0 Å². The van der Waals surface area contributed by atoms with E-state index in [0.717, 1.165) is 12.1 Å². The van der Waals surface area contributed by atoms with E-state index in [1.807, 2.05) is 12.2 Å². The minimum Gasteiger partial charge on any atom is -0.103 e. The summed E-state index contributed by atoms with van der Waals surface area (Å²) >= 11 is 0. The highest BCUT2D eigenvalue weighted by atomic mass is 29.7. The van der Waals surface area contributed by atoms with Gasteiger partial charge in [0.25, 0.3) is 0 Å². The van der Waals surface area contributed by atoms with Crippen molar-refractivity contribution < 1.29 is 0 Å². The lowest BCUT2D eigenvalue weighted by atomic mass is 10.8. The summed E-state index contributed by atoms with van der Waals surface area (Å²) < 4.78 is 0. The van der Waals surface area contributed by atoms with Gasteiger partial charge in [0.1, 0.15) is 0 Å². The summed E-state index contributed by atoms with van der Waals surface area (Å²) in [7, 11) is 6.77. The highest BCUT2D eigenvalue weighted by molar-refractivity contribution is 7.54. The van der Waals surface area contributed by atoms with Crippen molar-refractivity contribution in [2.75, 3.05) is 0 Å². The molecule has 0 aromatic carbocycles. The Morgan fingerprint density at radius 2 is 1.30 bits per heavy atom. The van der Waals surface area contributed by atoms with Crippen LogP contribution in [0.1, 0.15) is 0 Å². The molecule has 0 aromatic heterocycles. The molecule has 0 aliphatic rings. The Kier molecular flexibility index (Phi) is 6.29. The maximum absolute atomic E-state index is 3.73. The molecule has 4 heteroatoms. The van der Waals surface area contributed by atoms with Crippen LogP contribution < -0.4 is 0 Å². The molecule has 0 amide bonds. The number of allylic oxidation sites excluding steroid dienone is 2. The summed E-state index contributed by atoms with van der Waals surface area (Å²) in [4.78, 5) is 0. The standard InChI is InChI=1S/C6H10Si4/c1-3-5-9(7)10(8)6-4-2/h3-4H,1-2,5-6H2. The van der Waals surface area contributed by atoms with Gasteiger partial charge in [0.2, 0.25) is 0 Å². The molecular formula is C6H10Si4. The predicted octanol–water partition coefficient (Wildman–Crippen LogP) is 0.757. The van der Waals surface area contributed by atoms with Gasteiger partial charge in [-0.15, -0.1) is 13.2 Å². The maximum Gasteiger partial charge on any atom is 0.0230 e. The van der Waals surface area contributed by atoms with E-state index >= 15 is 0 Å². The van der Waals surface area contributed by atoms with Crippen LogP contribution in [0.4, 0.5) is 0 Å². The van der Waals surface area contributed by atoms with Crippen LogP contribution in [0, 0.1) is 0 Å². The summed E-state index contributed by atoms with van der Waals surface area (Å²) in [6, 6.07) is 2.26. The molecule has 0 nitrogen and oxygen atoms in total. The molecule has 0 spiro atoms. The lowest BCUT2D eigenvalue weighted by Crippen LogP contribution is -2.35. The zero-order chi connectivity index (χ0) is 7.98. The topological polar surface area (TPSA) is 0 Å². The number of rotatable bonds is 5. The molecule has 0 atom stereocenters. The van der Waals surface area contributed by atoms with Gasteiger partial charge in [-0.3, -0.25) is 0 Å². The molecule has 8 radical (unpaired) electrons. The van der Waals surface area contributed by atoms with Crippen molar-refractivity contribution in [3.63, 3.8) is 0 Å². The van der Waals surface area contributed by atoms with E-state index in [9.17, 15) is 0 Å². The highest BCUT2D eigenvalue weighted by Gasteiger charge is 2.11. The van der Waals surface area contributed by atoms with Crippen molar-refractivity contribution in [1.82, 2.24) is 0 Å². The van der Waals surface area contributed by atoms with E-state index in [1.165, 1.54) is 0 Å². The Bertz CT molecular complexity index is 98.3. The fourth-order valence-electron chi connectivity index (χ4n) is 0.535. The van der Waals surface area contributed by atoms with E-state index < -0.39 is 0 Å². The minimum absolute atomic E-state index is 0.349. The van der Waals surface area contributed by atoms with E-state index in [2.05, 4.69) is 32.7 Å². The monoisotopic (exact) mass is 194 g/mol. The molecule has 0 fully saturated rings. The summed E-state index contributed by atoms with van der Waals surface area (Å²) in [5, 5.41) is 0. The summed E-state index contributed by atoms with van der Waals surface area (Å²) in [5.41, 5.74) is 0. The van der Waals surface area contributed by atoms with Crippen LogP contribution in [0.25, 0.3) is 0 Å². The van der Waals surface area contributed by atoms with E-state index in [1.54, 1.807) is 0 Å². The molecule has 10 heavy (non-hydrogen) atoms. The first-order valence-electron chi connectivity index (χ1n) is 3.09. The molecule has 0 rings (SSSR count). The zero-order valence-corrected chi connectivity index (χ0v) is 9.98. The molecule has 0 N–H and O–H groups in total. The second kappa shape index (κ2) is 6.08. The minimum atomic E-state index is -0.349. The van der Waals surface area contributed by atoms with Crippen LogP contribution in [0.5, 0.6) is 0 Å². The third-order valence-corrected chi connectivity index (χ3v) is 15.5. The summed E-state index contributed by atoms with van der Waals surface area (Å²) in [6.07, 6.45) is 3.96. The third kappa shape index (κ3) is 4.21. The SMILES string of the molecule is C=CC[Si]([Si])[Si]([Si])CC=C. The van der Waals surface area contributed by atoms with E-state index in [4.69, 9.17) is 0 Å². The maximum atomic E-state index is 3.73. The van der Waals surface area contributed by atoms with Crippen molar-refractivity contribution in [2.45, 2.75) is 12.1 Å². The second-order valence-corrected chi connectivity index (χ2v) is 14.9. The average Bonchev–Trinajstić information content (AvgIpc) is 1.89. The zero-order valence-electron chi connectivity index (χ0n) is 5.98. The van der Waals surface area contributed by atoms with Crippen LogP contribution in [0.3, 0.4) is 0 Å². The van der Waals surface area contributed by atoms with Gasteiger partial charge in [0.05, 0.1) is 0 Å². The Morgan fingerprint density at radius 1 is 1.00 bits per heavy atom. The van der Waals surface area contributed by atoms with Gasteiger partial charge in [-0.2, -0.15) is 0 Å². The molecule has 50 valence electrons. The van der Waals surface area contributed by atoms with Gasteiger partial charge < -0.3 is 0 Å². The molecule has 0 unspecified atom stereocenters. The molecular weight excluding hydrogens is 184 g/mol. The molecule has 0 saturated carbocycles. The molecule has 0 aliphatic heterocycles.